The Hall–Kier alpha value is -2.67. The van der Waals surface area contributed by atoms with Gasteiger partial charge in [-0.25, -0.2) is 0 Å². The molecule has 2 atom stereocenters. The number of hydrogen-bond donors (Lipinski definition) is 1. The van der Waals surface area contributed by atoms with Crippen molar-refractivity contribution in [1.82, 2.24) is 10.2 Å². The molecule has 1 aliphatic heterocycles. The number of carbonyl (C=O) groups excluding carboxylic acids is 2. The Kier molecular flexibility index (Phi) is 7.85. The van der Waals surface area contributed by atoms with E-state index in [1.165, 1.54) is 0 Å². The first kappa shape index (κ1) is 23.0. The van der Waals surface area contributed by atoms with Crippen LogP contribution >= 0.6 is 11.8 Å². The van der Waals surface area contributed by atoms with E-state index >= 15 is 0 Å². The Balaban J connectivity index is 1.92. The van der Waals surface area contributed by atoms with E-state index in [-0.39, 0.29) is 17.2 Å². The molecule has 0 spiro atoms. The molecule has 3 rings (SSSR count). The fourth-order valence-corrected chi connectivity index (χ4v) is 4.94. The molecule has 0 radical (unpaired) electrons. The fourth-order valence-electron chi connectivity index (χ4n) is 3.51. The van der Waals surface area contributed by atoms with Crippen LogP contribution < -0.4 is 14.8 Å². The van der Waals surface area contributed by atoms with E-state index < -0.39 is 6.04 Å². The number of nitrogens with one attached hydrogen (secondary N) is 1. The third-order valence-corrected chi connectivity index (χ3v) is 6.56. The summed E-state index contributed by atoms with van der Waals surface area (Å²) < 4.78 is 10.7. The molecule has 166 valence electrons. The SMILES string of the molecule is COc1cc(OC)cc(C(=O)N2C(C(=O)NCCC(C)C)CSC2c2ccccc2)c1. The molecule has 7 heteroatoms. The van der Waals surface area contributed by atoms with Crippen molar-refractivity contribution in [2.75, 3.05) is 26.5 Å². The number of carbonyl (C=O) groups is 2. The molecular formula is C24H30N2O4S. The topological polar surface area (TPSA) is 67.9 Å². The summed E-state index contributed by atoms with van der Waals surface area (Å²) in [7, 11) is 3.10. The third-order valence-electron chi connectivity index (χ3n) is 5.24. The molecular weight excluding hydrogens is 412 g/mol. The van der Waals surface area contributed by atoms with Crippen molar-refractivity contribution in [2.24, 2.45) is 5.92 Å². The van der Waals surface area contributed by atoms with E-state index in [1.807, 2.05) is 30.3 Å². The molecule has 2 aromatic carbocycles. The molecule has 2 amide bonds. The minimum absolute atomic E-state index is 0.116. The molecule has 0 saturated carbocycles. The normalized spacial score (nSPS) is 18.2. The molecule has 1 N–H and O–H groups in total. The van der Waals surface area contributed by atoms with Crippen LogP contribution in [0, 0.1) is 5.92 Å². The van der Waals surface area contributed by atoms with Gasteiger partial charge >= 0.3 is 0 Å². The lowest BCUT2D eigenvalue weighted by molar-refractivity contribution is -0.124. The molecule has 1 heterocycles. The van der Waals surface area contributed by atoms with Crippen LogP contribution in [-0.4, -0.2) is 49.3 Å². The van der Waals surface area contributed by atoms with Crippen molar-refractivity contribution in [3.8, 4) is 11.5 Å². The lowest BCUT2D eigenvalue weighted by Crippen LogP contribution is -2.48. The van der Waals surface area contributed by atoms with E-state index in [2.05, 4.69) is 19.2 Å². The molecule has 1 saturated heterocycles. The van der Waals surface area contributed by atoms with Crippen LogP contribution in [0.5, 0.6) is 11.5 Å². The monoisotopic (exact) mass is 442 g/mol. The van der Waals surface area contributed by atoms with E-state index in [9.17, 15) is 9.59 Å². The fraction of sp³-hybridized carbons (Fsp3) is 0.417. The number of thioether (sulfide) groups is 1. The average molecular weight is 443 g/mol. The number of hydrogen-bond acceptors (Lipinski definition) is 5. The van der Waals surface area contributed by atoms with Crippen LogP contribution in [0.1, 0.15) is 41.6 Å². The second kappa shape index (κ2) is 10.6. The van der Waals surface area contributed by atoms with E-state index in [0.29, 0.717) is 35.3 Å². The minimum atomic E-state index is -0.549. The molecule has 0 bridgehead atoms. The van der Waals surface area contributed by atoms with Crippen molar-refractivity contribution in [2.45, 2.75) is 31.7 Å². The van der Waals surface area contributed by atoms with Gasteiger partial charge in [-0.05, 0) is 30.0 Å². The molecule has 1 aliphatic rings. The highest BCUT2D eigenvalue weighted by molar-refractivity contribution is 7.99. The largest absolute Gasteiger partial charge is 0.497 e. The number of ether oxygens (including phenoxy) is 2. The summed E-state index contributed by atoms with van der Waals surface area (Å²) in [6, 6.07) is 14.4. The number of methoxy groups -OCH3 is 2. The summed E-state index contributed by atoms with van der Waals surface area (Å²) in [6.45, 7) is 4.84. The Labute approximate surface area is 188 Å². The second-order valence-corrected chi connectivity index (χ2v) is 9.01. The van der Waals surface area contributed by atoms with Gasteiger partial charge in [0.05, 0.1) is 14.2 Å². The van der Waals surface area contributed by atoms with Gasteiger partial charge < -0.3 is 19.7 Å². The lowest BCUT2D eigenvalue weighted by Gasteiger charge is -2.29. The first-order valence-electron chi connectivity index (χ1n) is 10.4. The maximum absolute atomic E-state index is 13.7. The van der Waals surface area contributed by atoms with Gasteiger partial charge in [0, 0.05) is 23.9 Å². The quantitative estimate of drug-likeness (QED) is 0.666. The molecule has 0 aliphatic carbocycles. The Bertz CT molecular complexity index is 881. The minimum Gasteiger partial charge on any atom is -0.497 e. The summed E-state index contributed by atoms with van der Waals surface area (Å²) in [5.41, 5.74) is 1.42. The number of nitrogens with zero attached hydrogens (tertiary/aromatic N) is 1. The number of rotatable bonds is 8. The zero-order chi connectivity index (χ0) is 22.4. The zero-order valence-corrected chi connectivity index (χ0v) is 19.3. The first-order chi connectivity index (χ1) is 14.9. The summed E-state index contributed by atoms with van der Waals surface area (Å²) in [4.78, 5) is 28.4. The van der Waals surface area contributed by atoms with Gasteiger partial charge in [-0.1, -0.05) is 44.2 Å². The molecule has 6 nitrogen and oxygen atoms in total. The summed E-state index contributed by atoms with van der Waals surface area (Å²) in [6.07, 6.45) is 0.898. The van der Waals surface area contributed by atoms with E-state index in [4.69, 9.17) is 9.47 Å². The van der Waals surface area contributed by atoms with Gasteiger partial charge in [0.1, 0.15) is 22.9 Å². The molecule has 31 heavy (non-hydrogen) atoms. The number of amides is 2. The molecule has 2 aromatic rings. The summed E-state index contributed by atoms with van der Waals surface area (Å²) in [5.74, 6) is 1.76. The van der Waals surface area contributed by atoms with E-state index in [1.54, 1.807) is 49.1 Å². The lowest BCUT2D eigenvalue weighted by atomic mass is 10.1. The molecule has 0 aromatic heterocycles. The van der Waals surface area contributed by atoms with Crippen LogP contribution in [0.25, 0.3) is 0 Å². The highest BCUT2D eigenvalue weighted by Gasteiger charge is 2.42. The smallest absolute Gasteiger partial charge is 0.256 e. The first-order valence-corrected chi connectivity index (χ1v) is 11.5. The van der Waals surface area contributed by atoms with Gasteiger partial charge in [0.15, 0.2) is 0 Å². The van der Waals surface area contributed by atoms with Gasteiger partial charge in [0.2, 0.25) is 5.91 Å². The van der Waals surface area contributed by atoms with Crippen LogP contribution in [0.3, 0.4) is 0 Å². The van der Waals surface area contributed by atoms with Crippen LogP contribution in [-0.2, 0) is 4.79 Å². The van der Waals surface area contributed by atoms with Crippen molar-refractivity contribution in [3.63, 3.8) is 0 Å². The third kappa shape index (κ3) is 5.53. The molecule has 1 fully saturated rings. The predicted octanol–water partition coefficient (Wildman–Crippen LogP) is 4.12. The van der Waals surface area contributed by atoms with Crippen molar-refractivity contribution in [1.29, 1.82) is 0 Å². The van der Waals surface area contributed by atoms with Gasteiger partial charge in [0.25, 0.3) is 5.91 Å². The van der Waals surface area contributed by atoms with Crippen LogP contribution in [0.2, 0.25) is 0 Å². The molecule has 2 unspecified atom stereocenters. The summed E-state index contributed by atoms with van der Waals surface area (Å²) in [5, 5.41) is 2.77. The van der Waals surface area contributed by atoms with Gasteiger partial charge in [-0.15, -0.1) is 11.8 Å². The Morgan fingerprint density at radius 1 is 1.10 bits per heavy atom. The Morgan fingerprint density at radius 3 is 2.32 bits per heavy atom. The predicted molar refractivity (Wildman–Crippen MR) is 124 cm³/mol. The van der Waals surface area contributed by atoms with Crippen LogP contribution in [0.15, 0.2) is 48.5 Å². The number of benzene rings is 2. The van der Waals surface area contributed by atoms with Crippen molar-refractivity contribution < 1.29 is 19.1 Å². The maximum Gasteiger partial charge on any atom is 0.256 e. The van der Waals surface area contributed by atoms with Gasteiger partial charge in [-0.2, -0.15) is 0 Å². The summed E-state index contributed by atoms with van der Waals surface area (Å²) >= 11 is 1.60. The standard InChI is InChI=1S/C24H30N2O4S/c1-16(2)10-11-25-22(27)21-15-31-24(17-8-6-5-7-9-17)26(21)23(28)18-12-19(29-3)14-20(13-18)30-4/h5-9,12-14,16,21,24H,10-11,15H2,1-4H3,(H,25,27). The van der Waals surface area contributed by atoms with Crippen LogP contribution in [0.4, 0.5) is 0 Å². The highest BCUT2D eigenvalue weighted by atomic mass is 32.2. The zero-order valence-electron chi connectivity index (χ0n) is 18.5. The average Bonchev–Trinajstić information content (AvgIpc) is 3.23. The van der Waals surface area contributed by atoms with Crippen molar-refractivity contribution >= 4 is 23.6 Å². The highest BCUT2D eigenvalue weighted by Crippen LogP contribution is 2.42. The van der Waals surface area contributed by atoms with Gasteiger partial charge in [-0.3, -0.25) is 9.59 Å². The van der Waals surface area contributed by atoms with E-state index in [0.717, 1.165) is 12.0 Å². The maximum atomic E-state index is 13.7. The van der Waals surface area contributed by atoms with Crippen molar-refractivity contribution in [3.05, 3.63) is 59.7 Å². The Morgan fingerprint density at radius 2 is 1.74 bits per heavy atom. The second-order valence-electron chi connectivity index (χ2n) is 7.90.